The smallest absolute Gasteiger partial charge is 0.317 e. The van der Waals surface area contributed by atoms with E-state index in [0.717, 1.165) is 38.3 Å². The number of aromatic nitrogens is 5. The van der Waals surface area contributed by atoms with Crippen LogP contribution in [0.4, 0.5) is 0 Å². The Kier molecular flexibility index (Phi) is 5.27. The van der Waals surface area contributed by atoms with E-state index in [2.05, 4.69) is 15.5 Å². The van der Waals surface area contributed by atoms with E-state index in [9.17, 15) is 4.79 Å². The van der Waals surface area contributed by atoms with Crippen molar-refractivity contribution in [3.05, 3.63) is 34.8 Å². The number of nitrogens with zero attached hydrogens (tertiary/aromatic N) is 5. The predicted molar refractivity (Wildman–Crippen MR) is 88.3 cm³/mol. The van der Waals surface area contributed by atoms with Gasteiger partial charge in [-0.05, 0) is 51.3 Å². The molecule has 0 saturated carbocycles. The third-order valence-electron chi connectivity index (χ3n) is 4.56. The van der Waals surface area contributed by atoms with E-state index in [4.69, 9.17) is 0 Å². The quantitative estimate of drug-likeness (QED) is 0.823. The molecule has 0 aromatic carbocycles. The van der Waals surface area contributed by atoms with E-state index in [-0.39, 0.29) is 5.69 Å². The zero-order chi connectivity index (χ0) is 16.1. The highest BCUT2D eigenvalue weighted by Crippen LogP contribution is 2.16. The summed E-state index contributed by atoms with van der Waals surface area (Å²) in [7, 11) is 0. The van der Waals surface area contributed by atoms with Gasteiger partial charge in [-0.1, -0.05) is 0 Å². The molecule has 0 bridgehead atoms. The number of rotatable bonds is 7. The molecule has 0 atom stereocenters. The van der Waals surface area contributed by atoms with E-state index in [1.165, 1.54) is 12.8 Å². The van der Waals surface area contributed by atoms with Gasteiger partial charge < -0.3 is 5.32 Å². The van der Waals surface area contributed by atoms with Crippen molar-refractivity contribution in [2.75, 3.05) is 13.1 Å². The number of piperidine rings is 1. The van der Waals surface area contributed by atoms with Crippen LogP contribution in [0.15, 0.2) is 23.3 Å². The zero-order valence-electron chi connectivity index (χ0n) is 13.8. The molecule has 1 aliphatic heterocycles. The van der Waals surface area contributed by atoms with Crippen LogP contribution in [0.5, 0.6) is 0 Å². The van der Waals surface area contributed by atoms with Crippen molar-refractivity contribution in [3.63, 3.8) is 0 Å². The first-order valence-electron chi connectivity index (χ1n) is 8.62. The van der Waals surface area contributed by atoms with Crippen molar-refractivity contribution < 1.29 is 0 Å². The molecule has 0 amide bonds. The average Bonchev–Trinajstić information content (AvgIpc) is 3.17. The second kappa shape index (κ2) is 7.59. The average molecular weight is 318 g/mol. The maximum atomic E-state index is 12.5. The lowest BCUT2D eigenvalue weighted by atomic mass is 9.94. The van der Waals surface area contributed by atoms with Gasteiger partial charge in [0.05, 0.1) is 0 Å². The molecule has 0 unspecified atom stereocenters. The van der Waals surface area contributed by atoms with Crippen LogP contribution in [0.1, 0.15) is 32.0 Å². The number of hydrogen-bond acceptors (Lipinski definition) is 4. The van der Waals surface area contributed by atoms with Gasteiger partial charge in [-0.15, -0.1) is 0 Å². The zero-order valence-corrected chi connectivity index (χ0v) is 13.8. The van der Waals surface area contributed by atoms with Crippen LogP contribution in [0.3, 0.4) is 0 Å². The molecule has 0 radical (unpaired) electrons. The maximum absolute atomic E-state index is 12.5. The first kappa shape index (κ1) is 16.0. The van der Waals surface area contributed by atoms with Gasteiger partial charge in [0.15, 0.2) is 0 Å². The Hall–Kier alpha value is -1.89. The molecule has 2 aromatic rings. The summed E-state index contributed by atoms with van der Waals surface area (Å²) in [6, 6.07) is 1.91. The molecule has 3 rings (SSSR count). The second-order valence-electron chi connectivity index (χ2n) is 6.19. The maximum Gasteiger partial charge on any atom is 0.345 e. The largest absolute Gasteiger partial charge is 0.345 e. The molecular formula is C16H26N6O. The van der Waals surface area contributed by atoms with Crippen molar-refractivity contribution in [1.29, 1.82) is 0 Å². The SMILES string of the molecule is CCn1c(CC2CCNCC2)nn(CCCn2cccn2)c1=O. The van der Waals surface area contributed by atoms with Gasteiger partial charge in [0.25, 0.3) is 0 Å². The van der Waals surface area contributed by atoms with Gasteiger partial charge in [-0.2, -0.15) is 10.2 Å². The topological polar surface area (TPSA) is 69.7 Å². The van der Waals surface area contributed by atoms with E-state index in [1.807, 2.05) is 28.4 Å². The van der Waals surface area contributed by atoms with Crippen LogP contribution >= 0.6 is 0 Å². The standard InChI is InChI=1S/C16H26N6O/c1-2-21-15(13-14-5-8-17-9-6-14)19-22(16(21)23)12-4-11-20-10-3-7-18-20/h3,7,10,14,17H,2,4-6,8-9,11-13H2,1H3. The Morgan fingerprint density at radius 1 is 1.30 bits per heavy atom. The molecule has 126 valence electrons. The van der Waals surface area contributed by atoms with Gasteiger partial charge in [-0.3, -0.25) is 9.25 Å². The van der Waals surface area contributed by atoms with Crippen LogP contribution in [0.2, 0.25) is 0 Å². The van der Waals surface area contributed by atoms with Crippen molar-refractivity contribution in [1.82, 2.24) is 29.4 Å². The van der Waals surface area contributed by atoms with E-state index in [1.54, 1.807) is 10.9 Å². The minimum Gasteiger partial charge on any atom is -0.317 e. The Morgan fingerprint density at radius 2 is 2.13 bits per heavy atom. The van der Waals surface area contributed by atoms with E-state index in [0.29, 0.717) is 19.0 Å². The highest BCUT2D eigenvalue weighted by atomic mass is 16.2. The lowest BCUT2D eigenvalue weighted by Gasteiger charge is -2.21. The summed E-state index contributed by atoms with van der Waals surface area (Å²) in [6.07, 6.45) is 7.82. The molecule has 3 heterocycles. The predicted octanol–water partition coefficient (Wildman–Crippen LogP) is 0.894. The molecule has 1 N–H and O–H groups in total. The van der Waals surface area contributed by atoms with Crippen molar-refractivity contribution >= 4 is 0 Å². The summed E-state index contributed by atoms with van der Waals surface area (Å²) in [5.41, 5.74) is 0.0249. The summed E-state index contributed by atoms with van der Waals surface area (Å²) in [4.78, 5) is 12.5. The van der Waals surface area contributed by atoms with Crippen LogP contribution < -0.4 is 11.0 Å². The second-order valence-corrected chi connectivity index (χ2v) is 6.19. The first-order chi connectivity index (χ1) is 11.3. The van der Waals surface area contributed by atoms with E-state index >= 15 is 0 Å². The summed E-state index contributed by atoms with van der Waals surface area (Å²) >= 11 is 0. The fraction of sp³-hybridized carbons (Fsp3) is 0.688. The molecule has 7 nitrogen and oxygen atoms in total. The molecule has 23 heavy (non-hydrogen) atoms. The summed E-state index contributed by atoms with van der Waals surface area (Å²) in [6.45, 7) is 6.31. The highest BCUT2D eigenvalue weighted by molar-refractivity contribution is 4.91. The van der Waals surface area contributed by atoms with Crippen molar-refractivity contribution in [2.24, 2.45) is 5.92 Å². The molecular weight excluding hydrogens is 292 g/mol. The van der Waals surface area contributed by atoms with Crippen molar-refractivity contribution in [3.8, 4) is 0 Å². The summed E-state index contributed by atoms with van der Waals surface area (Å²) in [5.74, 6) is 1.59. The number of nitrogens with one attached hydrogen (secondary N) is 1. The Labute approximate surface area is 136 Å². The fourth-order valence-electron chi connectivity index (χ4n) is 3.26. The minimum atomic E-state index is 0.0249. The Bertz CT molecular complexity index is 651. The fourth-order valence-corrected chi connectivity index (χ4v) is 3.26. The van der Waals surface area contributed by atoms with E-state index < -0.39 is 0 Å². The molecule has 2 aromatic heterocycles. The van der Waals surface area contributed by atoms with Gasteiger partial charge in [-0.25, -0.2) is 9.48 Å². The van der Waals surface area contributed by atoms with Gasteiger partial charge >= 0.3 is 5.69 Å². The summed E-state index contributed by atoms with van der Waals surface area (Å²) < 4.78 is 5.34. The normalized spacial score (nSPS) is 16.0. The number of aryl methyl sites for hydroxylation is 2. The van der Waals surface area contributed by atoms with Crippen LogP contribution in [-0.4, -0.2) is 37.2 Å². The lowest BCUT2D eigenvalue weighted by molar-refractivity contribution is 0.362. The Morgan fingerprint density at radius 3 is 2.83 bits per heavy atom. The van der Waals surface area contributed by atoms with Crippen LogP contribution in [-0.2, 0) is 26.1 Å². The molecule has 1 fully saturated rings. The van der Waals surface area contributed by atoms with Crippen LogP contribution in [0, 0.1) is 5.92 Å². The highest BCUT2D eigenvalue weighted by Gasteiger charge is 2.19. The van der Waals surface area contributed by atoms with Gasteiger partial charge in [0.2, 0.25) is 0 Å². The monoisotopic (exact) mass is 318 g/mol. The summed E-state index contributed by atoms with van der Waals surface area (Å²) in [5, 5.41) is 12.2. The third kappa shape index (κ3) is 3.90. The molecule has 0 spiro atoms. The molecule has 0 aliphatic carbocycles. The first-order valence-corrected chi connectivity index (χ1v) is 8.62. The van der Waals surface area contributed by atoms with Gasteiger partial charge in [0, 0.05) is 38.4 Å². The van der Waals surface area contributed by atoms with Gasteiger partial charge in [0.1, 0.15) is 5.82 Å². The molecule has 1 aliphatic rings. The third-order valence-corrected chi connectivity index (χ3v) is 4.56. The van der Waals surface area contributed by atoms with Crippen LogP contribution in [0.25, 0.3) is 0 Å². The van der Waals surface area contributed by atoms with Crippen molar-refractivity contribution in [2.45, 2.75) is 52.2 Å². The Balaban J connectivity index is 1.64. The lowest BCUT2D eigenvalue weighted by Crippen LogP contribution is -2.30. The molecule has 7 heteroatoms. The molecule has 1 saturated heterocycles. The number of hydrogen-bond donors (Lipinski definition) is 1. The minimum absolute atomic E-state index is 0.0249.